The van der Waals surface area contributed by atoms with Crippen molar-refractivity contribution >= 4 is 0 Å². The molecule has 9 rings (SSSR count). The fourth-order valence-electron chi connectivity index (χ4n) is 12.8. The number of nitrogens with one attached hydrogen (secondary N) is 3. The molecule has 10 unspecified atom stereocenters. The first-order chi connectivity index (χ1) is 24.7. The summed E-state index contributed by atoms with van der Waals surface area (Å²) < 4.78 is 0. The van der Waals surface area contributed by atoms with Crippen LogP contribution in [0.3, 0.4) is 0 Å². The van der Waals surface area contributed by atoms with E-state index in [9.17, 15) is 0 Å². The van der Waals surface area contributed by atoms with E-state index in [1.165, 1.54) is 108 Å². The number of hydrogen-bond donors (Lipinski definition) is 4. The van der Waals surface area contributed by atoms with Crippen LogP contribution in [0.25, 0.3) is 0 Å². The quantitative estimate of drug-likeness (QED) is 0.225. The lowest BCUT2D eigenvalue weighted by atomic mass is 9.78. The molecule has 6 heteroatoms. The van der Waals surface area contributed by atoms with Crippen molar-refractivity contribution in [3.63, 3.8) is 0 Å². The smallest absolute Gasteiger partial charge is 0.0607 e. The molecule has 0 aromatic carbocycles. The number of hydrogen-bond acceptors (Lipinski definition) is 6. The molecule has 6 nitrogen and oxygen atoms in total. The Morgan fingerprint density at radius 1 is 0.880 bits per heavy atom. The fourth-order valence-corrected chi connectivity index (χ4v) is 12.8. The Hall–Kier alpha value is -1.96. The van der Waals surface area contributed by atoms with Gasteiger partial charge in [-0.15, -0.1) is 0 Å². The molecular formula is C44H66N6. The summed E-state index contributed by atoms with van der Waals surface area (Å²) in [6.07, 6.45) is 42.3. The molecular weight excluding hydrogens is 613 g/mol. The third kappa shape index (κ3) is 6.27. The topological polar surface area (TPSA) is 68.6 Å². The standard InChI is InChI=1S/C44H66N6/c1-29-35(23-25-45)36-11-5-7-13-41(36)49(29)33-19-15-31(16-20-33)40-27-39(30-9-3-2-4-10-30)47-44(48-40)32-17-21-34(22-18-32)50-42-14-8-6-12-37(42)38-24-26-46-28-43(38)50/h3,7-9,13-16,19,29-30,32-35,37-40,42-44,46-48H,2,4-6,10-12,17-18,20-28,45H2,1H3/t29-,30?,32?,33?,34?,35?,37?,38?,39?,40?,42?,43?,44?/m0/s1. The summed E-state index contributed by atoms with van der Waals surface area (Å²) >= 11 is 0. The molecule has 50 heavy (non-hydrogen) atoms. The number of fused-ring (bicyclic) bond motifs is 3. The van der Waals surface area contributed by atoms with Crippen molar-refractivity contribution in [2.24, 2.45) is 35.3 Å². The number of likely N-dealkylation sites (tertiary alicyclic amines) is 1. The Balaban J connectivity index is 0.889. The summed E-state index contributed by atoms with van der Waals surface area (Å²) in [6.45, 7) is 5.67. The van der Waals surface area contributed by atoms with E-state index in [1.807, 2.05) is 0 Å². The van der Waals surface area contributed by atoms with Gasteiger partial charge in [0.1, 0.15) is 0 Å². The average Bonchev–Trinajstić information content (AvgIpc) is 3.66. The van der Waals surface area contributed by atoms with E-state index in [4.69, 9.17) is 5.73 Å². The predicted molar refractivity (Wildman–Crippen MR) is 206 cm³/mol. The number of piperidine rings is 1. The van der Waals surface area contributed by atoms with E-state index < -0.39 is 0 Å². The van der Waals surface area contributed by atoms with Crippen molar-refractivity contribution in [1.29, 1.82) is 0 Å². The van der Waals surface area contributed by atoms with Crippen molar-refractivity contribution in [3.05, 3.63) is 71.5 Å². The Labute approximate surface area is 303 Å². The van der Waals surface area contributed by atoms with E-state index in [0.29, 0.717) is 54.1 Å². The molecule has 9 aliphatic rings. The molecule has 3 saturated heterocycles. The van der Waals surface area contributed by atoms with Crippen molar-refractivity contribution in [2.45, 2.75) is 152 Å². The minimum atomic E-state index is 0.405. The normalized spacial score (nSPS) is 44.6. The minimum absolute atomic E-state index is 0.405. The van der Waals surface area contributed by atoms with E-state index >= 15 is 0 Å². The van der Waals surface area contributed by atoms with Gasteiger partial charge in [0, 0.05) is 54.4 Å². The van der Waals surface area contributed by atoms with Gasteiger partial charge in [-0.05, 0) is 157 Å². The molecule has 4 heterocycles. The number of nitrogens with zero attached hydrogens (tertiary/aromatic N) is 2. The third-order valence-electron chi connectivity index (χ3n) is 15.2. The van der Waals surface area contributed by atoms with Gasteiger partial charge in [0.05, 0.1) is 12.2 Å². The summed E-state index contributed by atoms with van der Waals surface area (Å²) in [5.74, 6) is 3.78. The maximum Gasteiger partial charge on any atom is 0.0607 e. The van der Waals surface area contributed by atoms with Crippen LogP contribution in [0.2, 0.25) is 0 Å². The SMILES string of the molecule is C[C@H]1C(CCN)C2=C(C=CCC2)N1C1C=CC(C2CC(C3C=CCCC3)NC(C3CCC(N4C5C=CCCC5C5CCNCC54)CC3)N2)=CC1. The fraction of sp³-hybridized carbons (Fsp3) is 0.727. The molecule has 0 aromatic heterocycles. The zero-order chi connectivity index (χ0) is 33.6. The second-order valence-electron chi connectivity index (χ2n) is 17.7. The summed E-state index contributed by atoms with van der Waals surface area (Å²) in [5.41, 5.74) is 10.8. The molecule has 272 valence electrons. The number of rotatable bonds is 7. The lowest BCUT2D eigenvalue weighted by Gasteiger charge is -2.48. The van der Waals surface area contributed by atoms with Gasteiger partial charge in [-0.2, -0.15) is 0 Å². The van der Waals surface area contributed by atoms with Gasteiger partial charge in [-0.3, -0.25) is 15.5 Å². The number of nitrogens with two attached hydrogens (primary N) is 1. The second kappa shape index (κ2) is 14.8. The van der Waals surface area contributed by atoms with Crippen LogP contribution in [0, 0.1) is 29.6 Å². The second-order valence-corrected chi connectivity index (χ2v) is 17.7. The van der Waals surface area contributed by atoms with Crippen molar-refractivity contribution in [1.82, 2.24) is 25.8 Å². The summed E-state index contributed by atoms with van der Waals surface area (Å²) in [6, 6.07) is 4.15. The summed E-state index contributed by atoms with van der Waals surface area (Å²) in [7, 11) is 0. The Kier molecular flexibility index (Phi) is 10.0. The van der Waals surface area contributed by atoms with Crippen LogP contribution in [0.15, 0.2) is 71.5 Å². The van der Waals surface area contributed by atoms with Crippen molar-refractivity contribution in [3.8, 4) is 0 Å². The Morgan fingerprint density at radius 2 is 1.78 bits per heavy atom. The largest absolute Gasteiger partial charge is 0.361 e. The molecule has 5 N–H and O–H groups in total. The highest BCUT2D eigenvalue weighted by Gasteiger charge is 2.51. The Bertz CT molecular complexity index is 1400. The van der Waals surface area contributed by atoms with Gasteiger partial charge in [0.25, 0.3) is 0 Å². The maximum atomic E-state index is 6.12. The van der Waals surface area contributed by atoms with Crippen molar-refractivity contribution < 1.29 is 0 Å². The van der Waals surface area contributed by atoms with Crippen LogP contribution < -0.4 is 21.7 Å². The molecule has 4 fully saturated rings. The van der Waals surface area contributed by atoms with E-state index in [0.717, 1.165) is 43.3 Å². The number of allylic oxidation sites excluding steroid dienone is 4. The zero-order valence-corrected chi connectivity index (χ0v) is 30.9. The van der Waals surface area contributed by atoms with Gasteiger partial charge in [0.2, 0.25) is 0 Å². The van der Waals surface area contributed by atoms with Gasteiger partial charge >= 0.3 is 0 Å². The van der Waals surface area contributed by atoms with Gasteiger partial charge < -0.3 is 16.0 Å². The van der Waals surface area contributed by atoms with Gasteiger partial charge in [-0.25, -0.2) is 0 Å². The first-order valence-corrected chi connectivity index (χ1v) is 21.3. The predicted octanol–water partition coefficient (Wildman–Crippen LogP) is 6.70. The van der Waals surface area contributed by atoms with Crippen LogP contribution in [0.1, 0.15) is 103 Å². The maximum absolute atomic E-state index is 6.12. The lowest BCUT2D eigenvalue weighted by Crippen LogP contribution is -2.63. The molecule has 0 aromatic rings. The molecule has 1 saturated carbocycles. The monoisotopic (exact) mass is 679 g/mol. The first-order valence-electron chi connectivity index (χ1n) is 21.3. The Morgan fingerprint density at radius 3 is 2.60 bits per heavy atom. The molecule has 5 aliphatic carbocycles. The average molecular weight is 679 g/mol. The van der Waals surface area contributed by atoms with Crippen LogP contribution in [0.5, 0.6) is 0 Å². The summed E-state index contributed by atoms with van der Waals surface area (Å²) in [5, 5.41) is 12.3. The molecule has 11 atom stereocenters. The molecule has 0 amide bonds. The highest BCUT2D eigenvalue weighted by atomic mass is 15.3. The van der Waals surface area contributed by atoms with Gasteiger partial charge in [-0.1, -0.05) is 48.6 Å². The third-order valence-corrected chi connectivity index (χ3v) is 15.2. The lowest BCUT2D eigenvalue weighted by molar-refractivity contribution is 0.0637. The van der Waals surface area contributed by atoms with Crippen molar-refractivity contribution in [2.75, 3.05) is 19.6 Å². The molecule has 0 bridgehead atoms. The highest BCUT2D eigenvalue weighted by molar-refractivity contribution is 5.40. The van der Waals surface area contributed by atoms with Gasteiger partial charge in [0.15, 0.2) is 0 Å². The van der Waals surface area contributed by atoms with Crippen LogP contribution >= 0.6 is 0 Å². The highest BCUT2D eigenvalue weighted by Crippen LogP contribution is 2.48. The molecule has 0 spiro atoms. The van der Waals surface area contributed by atoms with Crippen LogP contribution in [-0.2, 0) is 0 Å². The van der Waals surface area contributed by atoms with E-state index in [2.05, 4.69) is 87.4 Å². The van der Waals surface area contributed by atoms with E-state index in [-0.39, 0.29) is 0 Å². The first kappa shape index (κ1) is 33.8. The summed E-state index contributed by atoms with van der Waals surface area (Å²) in [4.78, 5) is 5.79. The van der Waals surface area contributed by atoms with Crippen LogP contribution in [0.4, 0.5) is 0 Å². The molecule has 0 radical (unpaired) electrons. The molecule has 4 aliphatic heterocycles. The minimum Gasteiger partial charge on any atom is -0.361 e. The zero-order valence-electron chi connectivity index (χ0n) is 30.9. The van der Waals surface area contributed by atoms with Crippen LogP contribution in [-0.4, -0.2) is 77.9 Å². The van der Waals surface area contributed by atoms with E-state index in [1.54, 1.807) is 5.57 Å².